The molecule has 2 aromatic rings. The van der Waals surface area contributed by atoms with Crippen molar-refractivity contribution in [3.63, 3.8) is 0 Å². The van der Waals surface area contributed by atoms with Gasteiger partial charge in [-0.05, 0) is 30.6 Å². The van der Waals surface area contributed by atoms with Gasteiger partial charge in [0, 0.05) is 36.4 Å². The first-order chi connectivity index (χ1) is 10.6. The van der Waals surface area contributed by atoms with Gasteiger partial charge in [-0.2, -0.15) is 0 Å². The molecule has 1 aliphatic heterocycles. The number of nitrogens with zero attached hydrogens (tertiary/aromatic N) is 2. The van der Waals surface area contributed by atoms with Crippen molar-refractivity contribution in [3.05, 3.63) is 35.5 Å². The predicted octanol–water partition coefficient (Wildman–Crippen LogP) is 1.74. The van der Waals surface area contributed by atoms with Crippen LogP contribution in [-0.4, -0.2) is 54.8 Å². The van der Waals surface area contributed by atoms with Crippen LogP contribution in [0.2, 0.25) is 5.02 Å². The third-order valence-electron chi connectivity index (χ3n) is 3.92. The number of hydrogen-bond donors (Lipinski definition) is 1. The Morgan fingerprint density at radius 3 is 3.14 bits per heavy atom. The number of aromatic nitrogens is 1. The van der Waals surface area contributed by atoms with Crippen LogP contribution >= 0.6 is 11.6 Å². The largest absolute Gasteiger partial charge is 0.374 e. The van der Waals surface area contributed by atoms with Gasteiger partial charge < -0.3 is 19.5 Å². The standard InChI is InChI=1S/C16H20ClN3O2/c1-19-6-7-22-14(10-19)9-18-16(21)11-20-5-4-12-2-3-13(17)8-15(12)20/h2-5,8,14H,6-7,9-11H2,1H3,(H,18,21)/t14-/m0/s1. The van der Waals surface area contributed by atoms with Gasteiger partial charge in [0.15, 0.2) is 0 Å². The molecule has 3 rings (SSSR count). The first kappa shape index (κ1) is 15.3. The van der Waals surface area contributed by atoms with Crippen molar-refractivity contribution < 1.29 is 9.53 Å². The van der Waals surface area contributed by atoms with E-state index < -0.39 is 0 Å². The number of morpholine rings is 1. The third-order valence-corrected chi connectivity index (χ3v) is 4.15. The molecule has 0 bridgehead atoms. The lowest BCUT2D eigenvalue weighted by molar-refractivity contribution is -0.122. The molecule has 2 heterocycles. The average molecular weight is 322 g/mol. The van der Waals surface area contributed by atoms with Gasteiger partial charge in [-0.3, -0.25) is 4.79 Å². The van der Waals surface area contributed by atoms with Crippen LogP contribution in [-0.2, 0) is 16.1 Å². The Balaban J connectivity index is 1.57. The summed E-state index contributed by atoms with van der Waals surface area (Å²) in [5, 5.41) is 4.70. The van der Waals surface area contributed by atoms with Crippen molar-refractivity contribution >= 4 is 28.4 Å². The first-order valence-corrected chi connectivity index (χ1v) is 7.81. The van der Waals surface area contributed by atoms with E-state index in [4.69, 9.17) is 16.3 Å². The van der Waals surface area contributed by atoms with E-state index in [9.17, 15) is 4.79 Å². The molecule has 118 valence electrons. The number of halogens is 1. The molecule has 5 nitrogen and oxygen atoms in total. The summed E-state index contributed by atoms with van der Waals surface area (Å²) in [7, 11) is 2.06. The number of likely N-dealkylation sites (N-methyl/N-ethyl adjacent to an activating group) is 1. The van der Waals surface area contributed by atoms with Gasteiger partial charge in [0.2, 0.25) is 5.91 Å². The van der Waals surface area contributed by atoms with E-state index in [-0.39, 0.29) is 18.6 Å². The molecule has 0 saturated carbocycles. The van der Waals surface area contributed by atoms with Crippen LogP contribution in [0.3, 0.4) is 0 Å². The average Bonchev–Trinajstić information content (AvgIpc) is 2.88. The number of rotatable bonds is 4. The van der Waals surface area contributed by atoms with Crippen LogP contribution in [0.25, 0.3) is 10.9 Å². The Bertz CT molecular complexity index is 670. The Hall–Kier alpha value is -1.56. The zero-order valence-corrected chi connectivity index (χ0v) is 13.3. The van der Waals surface area contributed by atoms with Gasteiger partial charge in [0.1, 0.15) is 6.54 Å². The molecule has 1 aromatic heterocycles. The van der Waals surface area contributed by atoms with E-state index >= 15 is 0 Å². The maximum Gasteiger partial charge on any atom is 0.240 e. The molecule has 1 N–H and O–H groups in total. The first-order valence-electron chi connectivity index (χ1n) is 7.43. The highest BCUT2D eigenvalue weighted by Gasteiger charge is 2.18. The van der Waals surface area contributed by atoms with Crippen molar-refractivity contribution in [2.24, 2.45) is 0 Å². The molecule has 0 spiro atoms. The number of nitrogens with one attached hydrogen (secondary N) is 1. The van der Waals surface area contributed by atoms with Gasteiger partial charge in [-0.15, -0.1) is 0 Å². The molecule has 22 heavy (non-hydrogen) atoms. The Kier molecular flexibility index (Phi) is 4.66. The molecule has 0 unspecified atom stereocenters. The summed E-state index contributed by atoms with van der Waals surface area (Å²) in [5.41, 5.74) is 0.969. The van der Waals surface area contributed by atoms with Crippen molar-refractivity contribution in [3.8, 4) is 0 Å². The van der Waals surface area contributed by atoms with Crippen molar-refractivity contribution in [2.45, 2.75) is 12.6 Å². The summed E-state index contributed by atoms with van der Waals surface area (Å²) in [5.74, 6) is -0.0192. The smallest absolute Gasteiger partial charge is 0.240 e. The maximum absolute atomic E-state index is 12.1. The number of carbonyl (C=O) groups is 1. The Morgan fingerprint density at radius 1 is 1.45 bits per heavy atom. The van der Waals surface area contributed by atoms with Crippen LogP contribution < -0.4 is 5.32 Å². The lowest BCUT2D eigenvalue weighted by Gasteiger charge is -2.30. The lowest BCUT2D eigenvalue weighted by Crippen LogP contribution is -2.46. The minimum atomic E-state index is -0.0192. The fourth-order valence-corrected chi connectivity index (χ4v) is 2.89. The molecule has 1 amide bonds. The van der Waals surface area contributed by atoms with Crippen LogP contribution in [0.1, 0.15) is 0 Å². The van der Waals surface area contributed by atoms with Gasteiger partial charge in [0.05, 0.1) is 12.7 Å². The van der Waals surface area contributed by atoms with Gasteiger partial charge in [-0.1, -0.05) is 17.7 Å². The molecular formula is C16H20ClN3O2. The second-order valence-corrected chi connectivity index (χ2v) is 6.14. The minimum Gasteiger partial charge on any atom is -0.374 e. The predicted molar refractivity (Wildman–Crippen MR) is 87.2 cm³/mol. The van der Waals surface area contributed by atoms with E-state index in [2.05, 4.69) is 17.3 Å². The molecule has 0 aliphatic carbocycles. The van der Waals surface area contributed by atoms with Crippen LogP contribution in [0.15, 0.2) is 30.5 Å². The highest BCUT2D eigenvalue weighted by Crippen LogP contribution is 2.20. The normalized spacial score (nSPS) is 19.5. The highest BCUT2D eigenvalue weighted by atomic mass is 35.5. The van der Waals surface area contributed by atoms with Crippen molar-refractivity contribution in [1.29, 1.82) is 0 Å². The minimum absolute atomic E-state index is 0.0192. The molecule has 1 aromatic carbocycles. The summed E-state index contributed by atoms with van der Waals surface area (Å²) in [6, 6.07) is 7.67. The van der Waals surface area contributed by atoms with Gasteiger partial charge in [-0.25, -0.2) is 0 Å². The summed E-state index contributed by atoms with van der Waals surface area (Å²) in [6.45, 7) is 3.34. The second-order valence-electron chi connectivity index (χ2n) is 5.71. The topological polar surface area (TPSA) is 46.5 Å². The van der Waals surface area contributed by atoms with E-state index in [1.807, 2.05) is 35.0 Å². The molecule has 6 heteroatoms. The summed E-state index contributed by atoms with van der Waals surface area (Å²) in [6.07, 6.45) is 1.98. The van der Waals surface area contributed by atoms with Crippen LogP contribution in [0.5, 0.6) is 0 Å². The maximum atomic E-state index is 12.1. The molecule has 1 atom stereocenters. The van der Waals surface area contributed by atoms with E-state index in [0.717, 1.165) is 30.6 Å². The third kappa shape index (κ3) is 3.61. The number of amides is 1. The van der Waals surface area contributed by atoms with Crippen molar-refractivity contribution in [2.75, 3.05) is 33.3 Å². The molecular weight excluding hydrogens is 302 g/mol. The zero-order valence-electron chi connectivity index (χ0n) is 12.6. The number of benzene rings is 1. The monoisotopic (exact) mass is 321 g/mol. The fraction of sp³-hybridized carbons (Fsp3) is 0.438. The summed E-state index contributed by atoms with van der Waals surface area (Å²) >= 11 is 6.03. The summed E-state index contributed by atoms with van der Waals surface area (Å²) in [4.78, 5) is 14.3. The number of carbonyl (C=O) groups excluding carboxylic acids is 1. The van der Waals surface area contributed by atoms with Crippen LogP contribution in [0, 0.1) is 0 Å². The van der Waals surface area contributed by atoms with Crippen molar-refractivity contribution in [1.82, 2.24) is 14.8 Å². The van der Waals surface area contributed by atoms with E-state index in [0.29, 0.717) is 11.6 Å². The van der Waals surface area contributed by atoms with Gasteiger partial charge >= 0.3 is 0 Å². The highest BCUT2D eigenvalue weighted by molar-refractivity contribution is 6.31. The van der Waals surface area contributed by atoms with E-state index in [1.165, 1.54) is 0 Å². The van der Waals surface area contributed by atoms with E-state index in [1.54, 1.807) is 0 Å². The SMILES string of the molecule is CN1CCO[C@@H](CNC(=O)Cn2ccc3ccc(Cl)cc32)C1. The fourth-order valence-electron chi connectivity index (χ4n) is 2.72. The second kappa shape index (κ2) is 6.69. The molecule has 0 radical (unpaired) electrons. The Morgan fingerprint density at radius 2 is 2.32 bits per heavy atom. The number of hydrogen-bond acceptors (Lipinski definition) is 3. The summed E-state index contributed by atoms with van der Waals surface area (Å²) < 4.78 is 7.55. The molecule has 1 saturated heterocycles. The van der Waals surface area contributed by atoms with Gasteiger partial charge in [0.25, 0.3) is 0 Å². The molecule has 1 fully saturated rings. The molecule has 1 aliphatic rings. The number of fused-ring (bicyclic) bond motifs is 1. The lowest BCUT2D eigenvalue weighted by atomic mass is 10.2. The number of ether oxygens (including phenoxy) is 1. The quantitative estimate of drug-likeness (QED) is 0.933. The van der Waals surface area contributed by atoms with Crippen LogP contribution in [0.4, 0.5) is 0 Å². The Labute approximate surface area is 134 Å². The zero-order chi connectivity index (χ0) is 15.5.